The Morgan fingerprint density at radius 1 is 1.20 bits per heavy atom. The zero-order chi connectivity index (χ0) is 21.3. The normalized spacial score (nSPS) is 10.7. The molecular weight excluding hydrogens is 402 g/mol. The van der Waals surface area contributed by atoms with Gasteiger partial charge in [0.25, 0.3) is 0 Å². The third-order valence-electron chi connectivity index (χ3n) is 3.91. The van der Waals surface area contributed by atoms with Crippen LogP contribution in [0, 0.1) is 6.92 Å². The van der Waals surface area contributed by atoms with Crippen molar-refractivity contribution in [2.45, 2.75) is 20.3 Å². The molecule has 0 aliphatic rings. The summed E-state index contributed by atoms with van der Waals surface area (Å²) in [6, 6.07) is 14.2. The van der Waals surface area contributed by atoms with Gasteiger partial charge in [-0.15, -0.1) is 11.3 Å². The van der Waals surface area contributed by atoms with Crippen molar-refractivity contribution in [3.8, 4) is 5.75 Å². The molecule has 0 aliphatic carbocycles. The second kappa shape index (κ2) is 10.3. The minimum Gasteiger partial charge on any atom is -0.466 e. The first-order chi connectivity index (χ1) is 14.5. The lowest BCUT2D eigenvalue weighted by Gasteiger charge is -2.05. The number of nitrogens with zero attached hydrogens (tertiary/aromatic N) is 2. The molecule has 0 saturated carbocycles. The van der Waals surface area contributed by atoms with Crippen LogP contribution in [-0.2, 0) is 16.0 Å². The summed E-state index contributed by atoms with van der Waals surface area (Å²) in [4.78, 5) is 28.0. The second-order valence-electron chi connectivity index (χ2n) is 6.32. The van der Waals surface area contributed by atoms with Crippen molar-refractivity contribution in [1.29, 1.82) is 0 Å². The van der Waals surface area contributed by atoms with Gasteiger partial charge in [-0.25, -0.2) is 9.78 Å². The van der Waals surface area contributed by atoms with Gasteiger partial charge in [-0.1, -0.05) is 29.8 Å². The number of anilines is 1. The molecule has 0 unspecified atom stereocenters. The lowest BCUT2D eigenvalue weighted by Crippen LogP contribution is -2.08. The first kappa shape index (κ1) is 21.2. The Morgan fingerprint density at radius 3 is 2.77 bits per heavy atom. The molecule has 0 radical (unpaired) electrons. The number of nitrogens with one attached hydrogen (secondary N) is 1. The van der Waals surface area contributed by atoms with Crippen LogP contribution in [0.3, 0.4) is 0 Å². The average Bonchev–Trinajstić information content (AvgIpc) is 3.16. The molecule has 7 nitrogen and oxygen atoms in total. The van der Waals surface area contributed by atoms with Gasteiger partial charge in [0.15, 0.2) is 0 Å². The van der Waals surface area contributed by atoms with Crippen molar-refractivity contribution < 1.29 is 19.1 Å². The van der Waals surface area contributed by atoms with Crippen LogP contribution >= 0.6 is 11.3 Å². The van der Waals surface area contributed by atoms with E-state index in [1.165, 1.54) is 11.3 Å². The van der Waals surface area contributed by atoms with Crippen LogP contribution in [0.5, 0.6) is 5.75 Å². The van der Waals surface area contributed by atoms with E-state index in [0.29, 0.717) is 28.7 Å². The van der Waals surface area contributed by atoms with Gasteiger partial charge >= 0.3 is 11.9 Å². The summed E-state index contributed by atoms with van der Waals surface area (Å²) >= 11 is 1.34. The number of carbonyl (C=O) groups is 2. The maximum Gasteiger partial charge on any atom is 0.343 e. The molecule has 0 saturated heterocycles. The van der Waals surface area contributed by atoms with Crippen molar-refractivity contribution in [1.82, 2.24) is 4.98 Å². The monoisotopic (exact) mass is 423 g/mol. The predicted octanol–water partition coefficient (Wildman–Crippen LogP) is 4.22. The molecule has 1 heterocycles. The zero-order valence-electron chi connectivity index (χ0n) is 16.6. The summed E-state index contributed by atoms with van der Waals surface area (Å²) in [5, 5.41) is 6.49. The SMILES string of the molecule is CCOC(=O)Cc1csc(NN=Cc2cccc(OC(=O)c3ccc(C)cc3)c2)n1. The van der Waals surface area contributed by atoms with Gasteiger partial charge in [-0.05, 0) is 43.7 Å². The summed E-state index contributed by atoms with van der Waals surface area (Å²) in [5.74, 6) is -0.301. The minimum absolute atomic E-state index is 0.129. The molecule has 154 valence electrons. The molecule has 3 rings (SSSR count). The van der Waals surface area contributed by atoms with E-state index < -0.39 is 5.97 Å². The maximum atomic E-state index is 12.2. The number of hydrazone groups is 1. The van der Waals surface area contributed by atoms with E-state index in [1.54, 1.807) is 48.9 Å². The first-order valence-corrected chi connectivity index (χ1v) is 10.2. The summed E-state index contributed by atoms with van der Waals surface area (Å²) in [5.41, 5.74) is 5.77. The fourth-order valence-corrected chi connectivity index (χ4v) is 3.13. The fourth-order valence-electron chi connectivity index (χ4n) is 2.48. The number of ether oxygens (including phenoxy) is 2. The van der Waals surface area contributed by atoms with E-state index in [0.717, 1.165) is 11.1 Å². The quantitative estimate of drug-likeness (QED) is 0.252. The highest BCUT2D eigenvalue weighted by atomic mass is 32.1. The van der Waals surface area contributed by atoms with Crippen LogP contribution in [0.2, 0.25) is 0 Å². The third kappa shape index (κ3) is 6.25. The lowest BCUT2D eigenvalue weighted by atomic mass is 10.1. The molecule has 0 amide bonds. The van der Waals surface area contributed by atoms with Gasteiger partial charge in [-0.3, -0.25) is 10.2 Å². The number of aromatic nitrogens is 1. The smallest absolute Gasteiger partial charge is 0.343 e. The number of esters is 2. The van der Waals surface area contributed by atoms with Gasteiger partial charge in [0.05, 0.1) is 30.5 Å². The molecule has 0 aliphatic heterocycles. The van der Waals surface area contributed by atoms with Gasteiger partial charge in [0.2, 0.25) is 5.13 Å². The lowest BCUT2D eigenvalue weighted by molar-refractivity contribution is -0.142. The summed E-state index contributed by atoms with van der Waals surface area (Å²) in [6.07, 6.45) is 1.72. The first-order valence-electron chi connectivity index (χ1n) is 9.31. The molecule has 2 aromatic carbocycles. The Morgan fingerprint density at radius 2 is 2.00 bits per heavy atom. The van der Waals surface area contributed by atoms with Crippen LogP contribution in [0.15, 0.2) is 59.0 Å². The highest BCUT2D eigenvalue weighted by Crippen LogP contribution is 2.17. The summed E-state index contributed by atoms with van der Waals surface area (Å²) < 4.78 is 10.3. The topological polar surface area (TPSA) is 89.9 Å². The fraction of sp³-hybridized carbons (Fsp3) is 0.182. The summed E-state index contributed by atoms with van der Waals surface area (Å²) in [7, 11) is 0. The molecule has 0 spiro atoms. The Hall–Kier alpha value is -3.52. The van der Waals surface area contributed by atoms with Crippen LogP contribution in [0.25, 0.3) is 0 Å². The molecule has 0 fully saturated rings. The molecule has 8 heteroatoms. The van der Waals surface area contributed by atoms with Crippen molar-refractivity contribution in [3.05, 3.63) is 76.3 Å². The number of carbonyl (C=O) groups excluding carboxylic acids is 2. The molecular formula is C22H21N3O4S. The standard InChI is InChI=1S/C22H21N3O4S/c1-3-28-20(26)12-18-14-30-22(24-18)25-23-13-16-5-4-6-19(11-16)29-21(27)17-9-7-15(2)8-10-17/h4-11,13-14H,3,12H2,1-2H3,(H,24,25). The Labute approximate surface area is 178 Å². The van der Waals surface area contributed by atoms with Crippen LogP contribution < -0.4 is 10.2 Å². The highest BCUT2D eigenvalue weighted by molar-refractivity contribution is 7.13. The van der Waals surface area contributed by atoms with E-state index in [4.69, 9.17) is 9.47 Å². The van der Waals surface area contributed by atoms with E-state index in [-0.39, 0.29) is 12.4 Å². The highest BCUT2D eigenvalue weighted by Gasteiger charge is 2.09. The van der Waals surface area contributed by atoms with E-state index in [1.807, 2.05) is 25.1 Å². The van der Waals surface area contributed by atoms with E-state index in [9.17, 15) is 9.59 Å². The number of rotatable bonds is 8. The Balaban J connectivity index is 1.56. The number of aryl methyl sites for hydroxylation is 1. The molecule has 30 heavy (non-hydrogen) atoms. The third-order valence-corrected chi connectivity index (χ3v) is 4.71. The van der Waals surface area contributed by atoms with Crippen LogP contribution in [0.4, 0.5) is 5.13 Å². The van der Waals surface area contributed by atoms with Crippen molar-refractivity contribution in [2.24, 2.45) is 5.10 Å². The average molecular weight is 423 g/mol. The Kier molecular flexibility index (Phi) is 7.29. The molecule has 3 aromatic rings. The van der Waals surface area contributed by atoms with Gasteiger partial charge in [-0.2, -0.15) is 5.10 Å². The largest absolute Gasteiger partial charge is 0.466 e. The molecule has 0 bridgehead atoms. The van der Waals surface area contributed by atoms with Crippen LogP contribution in [-0.4, -0.2) is 29.7 Å². The maximum absolute atomic E-state index is 12.2. The number of hydrogen-bond donors (Lipinski definition) is 1. The van der Waals surface area contributed by atoms with E-state index >= 15 is 0 Å². The van der Waals surface area contributed by atoms with Gasteiger partial charge in [0, 0.05) is 5.38 Å². The van der Waals surface area contributed by atoms with Crippen molar-refractivity contribution in [3.63, 3.8) is 0 Å². The second-order valence-corrected chi connectivity index (χ2v) is 7.18. The zero-order valence-corrected chi connectivity index (χ0v) is 17.4. The molecule has 1 aromatic heterocycles. The minimum atomic E-state index is -0.417. The van der Waals surface area contributed by atoms with Crippen molar-refractivity contribution >= 4 is 34.6 Å². The number of thiazole rings is 1. The molecule has 1 N–H and O–H groups in total. The Bertz CT molecular complexity index is 1040. The van der Waals surface area contributed by atoms with Crippen molar-refractivity contribution in [2.75, 3.05) is 12.0 Å². The summed E-state index contributed by atoms with van der Waals surface area (Å²) in [6.45, 7) is 4.07. The predicted molar refractivity (Wildman–Crippen MR) is 116 cm³/mol. The van der Waals surface area contributed by atoms with Gasteiger partial charge < -0.3 is 9.47 Å². The number of hydrogen-bond acceptors (Lipinski definition) is 8. The molecule has 0 atom stereocenters. The van der Waals surface area contributed by atoms with Crippen LogP contribution in [0.1, 0.15) is 34.1 Å². The van der Waals surface area contributed by atoms with E-state index in [2.05, 4.69) is 15.5 Å². The van der Waals surface area contributed by atoms with Gasteiger partial charge in [0.1, 0.15) is 5.75 Å². The number of benzene rings is 2.